The second kappa shape index (κ2) is 14.3. The van der Waals surface area contributed by atoms with Gasteiger partial charge in [0.1, 0.15) is 17.3 Å². The number of carbonyl (C=O) groups excluding carboxylic acids is 2. The molecule has 0 aliphatic heterocycles. The van der Waals surface area contributed by atoms with Crippen LogP contribution in [0.2, 0.25) is 0 Å². The topological polar surface area (TPSA) is 87.9 Å². The second-order valence-electron chi connectivity index (χ2n) is 8.40. The lowest BCUT2D eigenvalue weighted by atomic mass is 9.85. The van der Waals surface area contributed by atoms with Gasteiger partial charge in [-0.1, -0.05) is 31.5 Å². The van der Waals surface area contributed by atoms with Crippen molar-refractivity contribution in [3.63, 3.8) is 0 Å². The van der Waals surface area contributed by atoms with Gasteiger partial charge in [-0.3, -0.25) is 9.59 Å². The summed E-state index contributed by atoms with van der Waals surface area (Å²) in [5.41, 5.74) is 8.66. The van der Waals surface area contributed by atoms with E-state index in [1.807, 2.05) is 56.3 Å². The molecule has 0 unspecified atom stereocenters. The van der Waals surface area contributed by atoms with Gasteiger partial charge in [-0.2, -0.15) is 0 Å². The van der Waals surface area contributed by atoms with E-state index in [-0.39, 0.29) is 30.7 Å². The molecule has 0 saturated heterocycles. The fraction of sp³-hybridized carbons (Fsp3) is 0.500. The summed E-state index contributed by atoms with van der Waals surface area (Å²) < 4.78 is 16.3. The fourth-order valence-corrected chi connectivity index (χ4v) is 4.10. The van der Waals surface area contributed by atoms with Crippen molar-refractivity contribution in [3.8, 4) is 11.5 Å². The molecule has 0 heterocycles. The van der Waals surface area contributed by atoms with E-state index in [2.05, 4.69) is 6.92 Å². The molecule has 0 saturated carbocycles. The summed E-state index contributed by atoms with van der Waals surface area (Å²) in [5, 5.41) is 0. The zero-order valence-corrected chi connectivity index (χ0v) is 21.0. The van der Waals surface area contributed by atoms with Crippen molar-refractivity contribution in [2.45, 2.75) is 59.8 Å². The van der Waals surface area contributed by atoms with Crippen molar-refractivity contribution in [1.29, 1.82) is 0 Å². The molecule has 186 valence electrons. The number of ketones is 1. The molecule has 0 radical (unpaired) electrons. The predicted molar refractivity (Wildman–Crippen MR) is 135 cm³/mol. The molecule has 2 rings (SSSR count). The van der Waals surface area contributed by atoms with Gasteiger partial charge in [0.05, 0.1) is 31.4 Å². The number of hydrogen-bond acceptors (Lipinski definition) is 6. The van der Waals surface area contributed by atoms with Gasteiger partial charge in [0.2, 0.25) is 0 Å². The minimum absolute atomic E-state index is 0.0818. The largest absolute Gasteiger partial charge is 0.494 e. The maximum atomic E-state index is 13.4. The van der Waals surface area contributed by atoms with Crippen LogP contribution in [0, 0.1) is 11.8 Å². The Morgan fingerprint density at radius 1 is 0.824 bits per heavy atom. The highest BCUT2D eigenvalue weighted by Crippen LogP contribution is 2.27. The van der Waals surface area contributed by atoms with Crippen LogP contribution in [-0.4, -0.2) is 31.6 Å². The smallest absolute Gasteiger partial charge is 0.309 e. The maximum Gasteiger partial charge on any atom is 0.309 e. The summed E-state index contributed by atoms with van der Waals surface area (Å²) in [6.45, 7) is 9.12. The number of ether oxygens (including phenoxy) is 3. The zero-order chi connectivity index (χ0) is 24.9. The van der Waals surface area contributed by atoms with Gasteiger partial charge in [0, 0.05) is 12.3 Å². The molecular formula is C28H39NO5. The van der Waals surface area contributed by atoms with Crippen LogP contribution in [-0.2, 0) is 27.2 Å². The number of rotatable bonds is 15. The Kier molecular flexibility index (Phi) is 11.4. The lowest BCUT2D eigenvalue weighted by Gasteiger charge is -2.20. The first-order valence-electron chi connectivity index (χ1n) is 12.3. The van der Waals surface area contributed by atoms with Gasteiger partial charge in [0.15, 0.2) is 0 Å². The van der Waals surface area contributed by atoms with Crippen LogP contribution in [0.3, 0.4) is 0 Å². The molecule has 0 fully saturated rings. The third kappa shape index (κ3) is 8.40. The van der Waals surface area contributed by atoms with E-state index in [0.29, 0.717) is 37.5 Å². The van der Waals surface area contributed by atoms with Gasteiger partial charge in [-0.25, -0.2) is 0 Å². The van der Waals surface area contributed by atoms with Crippen LogP contribution in [0.5, 0.6) is 11.5 Å². The molecule has 34 heavy (non-hydrogen) atoms. The number of Topliss-reactive ketones (excluding diaryl/α,β-unsaturated/α-hetero) is 1. The van der Waals surface area contributed by atoms with Gasteiger partial charge in [0.25, 0.3) is 0 Å². The quantitative estimate of drug-likeness (QED) is 0.277. The molecule has 0 aromatic heterocycles. The lowest BCUT2D eigenvalue weighted by molar-refractivity contribution is -0.150. The molecule has 6 heteroatoms. The normalized spacial score (nSPS) is 12.6. The first-order valence-corrected chi connectivity index (χ1v) is 12.3. The molecule has 2 N–H and O–H groups in total. The standard InChI is InChI=1S/C28H39NO5/c1-5-9-22(17-21-12-15-27(33-7-3)25(29)18-21)26(30)19-23(28(31)34-8-4)16-20-10-13-24(14-11-20)32-6-2/h10-15,18,22-23H,5-9,16-17,19,29H2,1-4H3/t22-,23+/m0/s1. The Morgan fingerprint density at radius 2 is 1.47 bits per heavy atom. The molecule has 2 atom stereocenters. The van der Waals surface area contributed by atoms with Crippen molar-refractivity contribution in [2.24, 2.45) is 11.8 Å². The van der Waals surface area contributed by atoms with Crippen molar-refractivity contribution in [2.75, 3.05) is 25.6 Å². The van der Waals surface area contributed by atoms with Crippen LogP contribution in [0.15, 0.2) is 42.5 Å². The third-order valence-corrected chi connectivity index (χ3v) is 5.73. The summed E-state index contributed by atoms with van der Waals surface area (Å²) in [7, 11) is 0. The minimum Gasteiger partial charge on any atom is -0.494 e. The molecule has 2 aromatic carbocycles. The number of hydrogen-bond donors (Lipinski definition) is 1. The summed E-state index contributed by atoms with van der Waals surface area (Å²) in [4.78, 5) is 26.1. The van der Waals surface area contributed by atoms with Crippen molar-refractivity contribution in [1.82, 2.24) is 0 Å². The van der Waals surface area contributed by atoms with Crippen LogP contribution in [0.1, 0.15) is 58.1 Å². The summed E-state index contributed by atoms with van der Waals surface area (Å²) in [6.07, 6.45) is 2.83. The summed E-state index contributed by atoms with van der Waals surface area (Å²) in [6, 6.07) is 13.3. The van der Waals surface area contributed by atoms with Crippen LogP contribution in [0.25, 0.3) is 0 Å². The monoisotopic (exact) mass is 469 g/mol. The molecule has 0 aliphatic carbocycles. The highest BCUT2D eigenvalue weighted by Gasteiger charge is 2.28. The van der Waals surface area contributed by atoms with Gasteiger partial charge >= 0.3 is 5.97 Å². The number of carbonyl (C=O) groups is 2. The molecule has 0 spiro atoms. The van der Waals surface area contributed by atoms with E-state index < -0.39 is 5.92 Å². The molecule has 0 aliphatic rings. The summed E-state index contributed by atoms with van der Waals surface area (Å²) >= 11 is 0. The van der Waals surface area contributed by atoms with E-state index in [1.165, 1.54) is 0 Å². The van der Waals surface area contributed by atoms with E-state index >= 15 is 0 Å². The minimum atomic E-state index is -0.518. The number of nitrogen functional groups attached to an aromatic ring is 1. The Balaban J connectivity index is 2.14. The van der Waals surface area contributed by atoms with E-state index in [0.717, 1.165) is 29.7 Å². The van der Waals surface area contributed by atoms with Crippen molar-refractivity contribution in [3.05, 3.63) is 53.6 Å². The molecule has 2 aromatic rings. The maximum absolute atomic E-state index is 13.4. The van der Waals surface area contributed by atoms with E-state index in [9.17, 15) is 9.59 Å². The fourth-order valence-electron chi connectivity index (χ4n) is 4.10. The third-order valence-electron chi connectivity index (χ3n) is 5.73. The average Bonchev–Trinajstić information content (AvgIpc) is 2.81. The summed E-state index contributed by atoms with van der Waals surface area (Å²) in [5.74, 6) is 0.494. The molecular weight excluding hydrogens is 430 g/mol. The highest BCUT2D eigenvalue weighted by atomic mass is 16.5. The SMILES string of the molecule is CCC[C@@H](Cc1ccc(OCC)c(N)c1)C(=O)C[C@@H](Cc1ccc(OCC)cc1)C(=O)OCC. The first kappa shape index (κ1) is 27.2. The van der Waals surface area contributed by atoms with E-state index in [4.69, 9.17) is 19.9 Å². The number of anilines is 1. The number of nitrogens with two attached hydrogens (primary N) is 1. The van der Waals surface area contributed by atoms with Gasteiger partial charge < -0.3 is 19.9 Å². The lowest BCUT2D eigenvalue weighted by Crippen LogP contribution is -2.27. The average molecular weight is 470 g/mol. The Bertz CT molecular complexity index is 910. The molecule has 6 nitrogen and oxygen atoms in total. The molecule has 0 bridgehead atoms. The molecule has 0 amide bonds. The Labute approximate surface area is 203 Å². The Hall–Kier alpha value is -3.02. The van der Waals surface area contributed by atoms with Crippen LogP contribution < -0.4 is 15.2 Å². The van der Waals surface area contributed by atoms with Crippen molar-refractivity contribution < 1.29 is 23.8 Å². The van der Waals surface area contributed by atoms with Crippen LogP contribution in [0.4, 0.5) is 5.69 Å². The Morgan fingerprint density at radius 3 is 2.06 bits per heavy atom. The first-order chi connectivity index (χ1) is 16.4. The van der Waals surface area contributed by atoms with Gasteiger partial charge in [-0.05, 0) is 75.4 Å². The highest BCUT2D eigenvalue weighted by molar-refractivity contribution is 5.86. The van der Waals surface area contributed by atoms with E-state index in [1.54, 1.807) is 6.92 Å². The zero-order valence-electron chi connectivity index (χ0n) is 21.0. The van der Waals surface area contributed by atoms with Crippen LogP contribution >= 0.6 is 0 Å². The number of benzene rings is 2. The van der Waals surface area contributed by atoms with Gasteiger partial charge in [-0.15, -0.1) is 0 Å². The predicted octanol–water partition coefficient (Wildman–Crippen LogP) is 5.41. The second-order valence-corrected chi connectivity index (χ2v) is 8.40. The number of esters is 1. The van der Waals surface area contributed by atoms with Crippen molar-refractivity contribution >= 4 is 17.4 Å².